The molecule has 140 valence electrons. The van der Waals surface area contributed by atoms with Gasteiger partial charge in [0.1, 0.15) is 5.82 Å². The van der Waals surface area contributed by atoms with Crippen LogP contribution in [0.1, 0.15) is 23.6 Å². The summed E-state index contributed by atoms with van der Waals surface area (Å²) in [7, 11) is 0. The van der Waals surface area contributed by atoms with E-state index >= 15 is 0 Å². The molecule has 3 rings (SSSR count). The average molecular weight is 379 g/mol. The van der Waals surface area contributed by atoms with Gasteiger partial charge in [-0.3, -0.25) is 4.79 Å². The molecule has 0 aromatic heterocycles. The van der Waals surface area contributed by atoms with E-state index in [1.54, 1.807) is 6.07 Å². The minimum absolute atomic E-state index is 0. The molecule has 1 unspecified atom stereocenters. The number of ether oxygens (including phenoxy) is 1. The van der Waals surface area contributed by atoms with Crippen molar-refractivity contribution in [2.45, 2.75) is 19.1 Å². The molecule has 1 saturated heterocycles. The Labute approximate surface area is 159 Å². The third-order valence-corrected chi connectivity index (χ3v) is 4.37. The fourth-order valence-electron chi connectivity index (χ4n) is 3.08. The Balaban J connectivity index is 0.00000243. The molecule has 2 aromatic carbocycles. The second kappa shape index (κ2) is 10.3. The summed E-state index contributed by atoms with van der Waals surface area (Å²) in [6, 6.07) is 16.2. The van der Waals surface area contributed by atoms with Gasteiger partial charge in [0.2, 0.25) is 5.91 Å². The predicted octanol–water partition coefficient (Wildman–Crippen LogP) is 3.33. The minimum Gasteiger partial charge on any atom is -0.376 e. The lowest BCUT2D eigenvalue weighted by molar-refractivity contribution is -0.135. The summed E-state index contributed by atoms with van der Waals surface area (Å²) in [6.45, 7) is 2.90. The Morgan fingerprint density at radius 1 is 1.19 bits per heavy atom. The van der Waals surface area contributed by atoms with Crippen LogP contribution in [0, 0.1) is 5.82 Å². The number of hydrogen-bond acceptors (Lipinski definition) is 3. The number of rotatable bonds is 6. The highest BCUT2D eigenvalue weighted by molar-refractivity contribution is 5.85. The molecule has 2 aromatic rings. The largest absolute Gasteiger partial charge is 0.376 e. The van der Waals surface area contributed by atoms with Crippen molar-refractivity contribution in [3.05, 3.63) is 71.5 Å². The maximum Gasteiger partial charge on any atom is 0.225 e. The summed E-state index contributed by atoms with van der Waals surface area (Å²) in [4.78, 5) is 14.4. The fraction of sp³-hybridized carbons (Fsp3) is 0.350. The second-order valence-corrected chi connectivity index (χ2v) is 6.15. The summed E-state index contributed by atoms with van der Waals surface area (Å²) in [5, 5.41) is 3.28. The zero-order valence-corrected chi connectivity index (χ0v) is 15.4. The van der Waals surface area contributed by atoms with Crippen molar-refractivity contribution in [2.75, 3.05) is 26.2 Å². The summed E-state index contributed by atoms with van der Waals surface area (Å²) in [5.41, 5.74) is 1.92. The first-order valence-corrected chi connectivity index (χ1v) is 8.61. The molecule has 0 radical (unpaired) electrons. The number of amides is 1. The van der Waals surface area contributed by atoms with E-state index in [0.29, 0.717) is 32.7 Å². The van der Waals surface area contributed by atoms with Crippen LogP contribution in [0.4, 0.5) is 4.39 Å². The van der Waals surface area contributed by atoms with E-state index in [0.717, 1.165) is 17.7 Å². The summed E-state index contributed by atoms with van der Waals surface area (Å²) < 4.78 is 19.1. The molecule has 26 heavy (non-hydrogen) atoms. The smallest absolute Gasteiger partial charge is 0.225 e. The van der Waals surface area contributed by atoms with E-state index in [1.165, 1.54) is 12.1 Å². The molecule has 1 fully saturated rings. The maximum atomic E-state index is 13.5. The van der Waals surface area contributed by atoms with Crippen molar-refractivity contribution in [1.29, 1.82) is 0 Å². The molecule has 4 nitrogen and oxygen atoms in total. The Morgan fingerprint density at radius 3 is 2.77 bits per heavy atom. The summed E-state index contributed by atoms with van der Waals surface area (Å²) in [6.07, 6.45) is 0.332. The number of nitrogens with one attached hydrogen (secondary N) is 1. The molecule has 0 aliphatic carbocycles. The van der Waals surface area contributed by atoms with Gasteiger partial charge >= 0.3 is 0 Å². The molecule has 1 aliphatic heterocycles. The van der Waals surface area contributed by atoms with E-state index in [2.05, 4.69) is 5.32 Å². The number of benzene rings is 2. The topological polar surface area (TPSA) is 41.6 Å². The molecular weight excluding hydrogens is 355 g/mol. The van der Waals surface area contributed by atoms with Gasteiger partial charge in [0.05, 0.1) is 25.7 Å². The molecule has 6 heteroatoms. The Kier molecular flexibility index (Phi) is 8.04. The van der Waals surface area contributed by atoms with Gasteiger partial charge in [-0.25, -0.2) is 4.39 Å². The first kappa shape index (κ1) is 20.4. The third kappa shape index (κ3) is 5.53. The van der Waals surface area contributed by atoms with Gasteiger partial charge in [-0.2, -0.15) is 0 Å². The van der Waals surface area contributed by atoms with Crippen molar-refractivity contribution in [2.24, 2.45) is 0 Å². The lowest BCUT2D eigenvalue weighted by Crippen LogP contribution is -2.48. The monoisotopic (exact) mass is 378 g/mol. The highest BCUT2D eigenvalue weighted by Gasteiger charge is 2.27. The standard InChI is InChI=1S/C20H23FN2O2.ClH/c21-18-8-4-7-17(13-18)19-14-22-10-11-23(19)20(24)9-12-25-15-16-5-2-1-3-6-16;/h1-8,13,19,22H,9-12,14-15H2;1H. The average Bonchev–Trinajstić information content (AvgIpc) is 2.66. The predicted molar refractivity (Wildman–Crippen MR) is 102 cm³/mol. The van der Waals surface area contributed by atoms with Gasteiger partial charge in [-0.05, 0) is 23.3 Å². The Bertz CT molecular complexity index is 699. The molecule has 1 N–H and O–H groups in total. The van der Waals surface area contributed by atoms with Crippen LogP contribution in [-0.2, 0) is 16.1 Å². The number of piperazine rings is 1. The molecular formula is C20H24ClFN2O2. The Morgan fingerprint density at radius 2 is 2.00 bits per heavy atom. The third-order valence-electron chi connectivity index (χ3n) is 4.37. The van der Waals surface area contributed by atoms with E-state index in [-0.39, 0.29) is 30.2 Å². The first-order valence-electron chi connectivity index (χ1n) is 8.61. The quantitative estimate of drug-likeness (QED) is 0.784. The fourth-order valence-corrected chi connectivity index (χ4v) is 3.08. The molecule has 0 bridgehead atoms. The number of hydrogen-bond donors (Lipinski definition) is 1. The van der Waals surface area contributed by atoms with Crippen molar-refractivity contribution in [1.82, 2.24) is 10.2 Å². The van der Waals surface area contributed by atoms with Gasteiger partial charge < -0.3 is 15.0 Å². The zero-order chi connectivity index (χ0) is 17.5. The molecule has 0 saturated carbocycles. The van der Waals surface area contributed by atoms with Crippen molar-refractivity contribution in [3.63, 3.8) is 0 Å². The number of nitrogens with zero attached hydrogens (tertiary/aromatic N) is 1. The normalized spacial score (nSPS) is 16.8. The number of carbonyl (C=O) groups is 1. The molecule has 1 atom stereocenters. The zero-order valence-electron chi connectivity index (χ0n) is 14.6. The lowest BCUT2D eigenvalue weighted by Gasteiger charge is -2.36. The van der Waals surface area contributed by atoms with Crippen molar-refractivity contribution < 1.29 is 13.9 Å². The van der Waals surface area contributed by atoms with Gasteiger partial charge in [0, 0.05) is 19.6 Å². The molecule has 1 aliphatic rings. The van der Waals surface area contributed by atoms with Crippen LogP contribution in [-0.4, -0.2) is 37.0 Å². The van der Waals surface area contributed by atoms with Crippen LogP contribution in [0.2, 0.25) is 0 Å². The number of carbonyl (C=O) groups excluding carboxylic acids is 1. The second-order valence-electron chi connectivity index (χ2n) is 6.15. The van der Waals surface area contributed by atoms with Crippen LogP contribution in [0.25, 0.3) is 0 Å². The Hall–Kier alpha value is -1.95. The van der Waals surface area contributed by atoms with E-state index < -0.39 is 0 Å². The van der Waals surface area contributed by atoms with Crippen LogP contribution in [0.5, 0.6) is 0 Å². The molecule has 1 heterocycles. The van der Waals surface area contributed by atoms with E-state index in [1.807, 2.05) is 41.3 Å². The van der Waals surface area contributed by atoms with Crippen LogP contribution >= 0.6 is 12.4 Å². The highest BCUT2D eigenvalue weighted by atomic mass is 35.5. The van der Waals surface area contributed by atoms with Gasteiger partial charge in [0.15, 0.2) is 0 Å². The molecule has 1 amide bonds. The van der Waals surface area contributed by atoms with Crippen LogP contribution in [0.15, 0.2) is 54.6 Å². The first-order chi connectivity index (χ1) is 12.2. The minimum atomic E-state index is -0.276. The van der Waals surface area contributed by atoms with Crippen LogP contribution in [0.3, 0.4) is 0 Å². The lowest BCUT2D eigenvalue weighted by atomic mass is 10.0. The van der Waals surface area contributed by atoms with Gasteiger partial charge in [-0.15, -0.1) is 12.4 Å². The van der Waals surface area contributed by atoms with Crippen molar-refractivity contribution >= 4 is 18.3 Å². The summed E-state index contributed by atoms with van der Waals surface area (Å²) in [5.74, 6) is -0.231. The highest BCUT2D eigenvalue weighted by Crippen LogP contribution is 2.23. The van der Waals surface area contributed by atoms with Crippen LogP contribution < -0.4 is 5.32 Å². The van der Waals surface area contributed by atoms with E-state index in [4.69, 9.17) is 4.74 Å². The van der Waals surface area contributed by atoms with Gasteiger partial charge in [-0.1, -0.05) is 42.5 Å². The SMILES string of the molecule is Cl.O=C(CCOCc1ccccc1)N1CCNCC1c1cccc(F)c1. The van der Waals surface area contributed by atoms with Gasteiger partial charge in [0.25, 0.3) is 0 Å². The maximum absolute atomic E-state index is 13.5. The number of halogens is 2. The summed E-state index contributed by atoms with van der Waals surface area (Å²) >= 11 is 0. The van der Waals surface area contributed by atoms with E-state index in [9.17, 15) is 9.18 Å². The molecule has 0 spiro atoms. The van der Waals surface area contributed by atoms with Crippen molar-refractivity contribution in [3.8, 4) is 0 Å².